The number of carbonyl (C=O) groups is 4. The average Bonchev–Trinajstić information content (AvgIpc) is 3.37. The molecule has 3 rings (SSSR count). The molecule has 9 nitrogen and oxygen atoms in total. The van der Waals surface area contributed by atoms with E-state index in [-0.39, 0.29) is 24.2 Å². The lowest BCUT2D eigenvalue weighted by atomic mass is 10.0. The van der Waals surface area contributed by atoms with Crippen LogP contribution < -0.4 is 16.1 Å². The number of hydrogen-bond donors (Lipinski definition) is 4. The number of rotatable bonds is 8. The van der Waals surface area contributed by atoms with E-state index in [1.807, 2.05) is 38.1 Å². The van der Waals surface area contributed by atoms with Crippen molar-refractivity contribution >= 4 is 46.1 Å². The second-order valence-corrected chi connectivity index (χ2v) is 8.58. The van der Waals surface area contributed by atoms with Gasteiger partial charge < -0.3 is 15.6 Å². The van der Waals surface area contributed by atoms with Gasteiger partial charge in [-0.15, -0.1) is 11.6 Å². The van der Waals surface area contributed by atoms with Crippen LogP contribution in [0.3, 0.4) is 0 Å². The number of hydrazine groups is 1. The Kier molecular flexibility index (Phi) is 7.74. The molecule has 1 saturated heterocycles. The van der Waals surface area contributed by atoms with E-state index >= 15 is 0 Å². The maximum atomic E-state index is 13.0. The number of alkyl halides is 1. The molecule has 0 radical (unpaired) electrons. The Morgan fingerprint density at radius 2 is 2.00 bits per heavy atom. The molecule has 1 aromatic heterocycles. The topological polar surface area (TPSA) is 123 Å². The van der Waals surface area contributed by atoms with E-state index in [0.29, 0.717) is 25.1 Å². The molecule has 10 heteroatoms. The normalized spacial score (nSPS) is 16.6. The van der Waals surface area contributed by atoms with Crippen molar-refractivity contribution in [2.24, 2.45) is 11.8 Å². The van der Waals surface area contributed by atoms with E-state index in [2.05, 4.69) is 21.0 Å². The van der Waals surface area contributed by atoms with Gasteiger partial charge in [0.15, 0.2) is 0 Å². The first-order valence-corrected chi connectivity index (χ1v) is 11.1. The number of carbonyl (C=O) groups excluding carboxylic acids is 4. The van der Waals surface area contributed by atoms with Crippen LogP contribution in [0.25, 0.3) is 10.9 Å². The van der Waals surface area contributed by atoms with Crippen LogP contribution in [0.5, 0.6) is 0 Å². The van der Waals surface area contributed by atoms with E-state index in [1.54, 1.807) is 6.07 Å². The summed E-state index contributed by atoms with van der Waals surface area (Å²) >= 11 is 5.70. The molecule has 32 heavy (non-hydrogen) atoms. The molecule has 1 aliphatic rings. The van der Waals surface area contributed by atoms with E-state index in [9.17, 15) is 19.2 Å². The lowest BCUT2D eigenvalue weighted by molar-refractivity contribution is -0.142. The van der Waals surface area contributed by atoms with Gasteiger partial charge in [0, 0.05) is 17.4 Å². The van der Waals surface area contributed by atoms with Gasteiger partial charge in [0.1, 0.15) is 17.6 Å². The van der Waals surface area contributed by atoms with Crippen molar-refractivity contribution in [3.05, 3.63) is 36.0 Å². The fraction of sp³-hybridized carbons (Fsp3) is 0.455. The van der Waals surface area contributed by atoms with Crippen LogP contribution >= 0.6 is 11.6 Å². The number of benzene rings is 1. The monoisotopic (exact) mass is 461 g/mol. The zero-order valence-corrected chi connectivity index (χ0v) is 18.9. The highest BCUT2D eigenvalue weighted by molar-refractivity contribution is 6.27. The molecule has 1 aromatic carbocycles. The second kappa shape index (κ2) is 10.5. The largest absolute Gasteiger partial charge is 0.356 e. The molecular formula is C22H28ClN5O4. The van der Waals surface area contributed by atoms with Crippen molar-refractivity contribution in [3.63, 3.8) is 0 Å². The standard InChI is InChI=1S/C22H28ClN5O4/c1-13(2)9-17(26-21(31)18-10-14-5-3-4-6-16(14)25-18)22(32)27-28(19(29)11-23)12-15-7-8-24-20(15)30/h3-6,10,13,15,17,25H,7-9,11-12H2,1-2H3,(H,24,30)(H,26,31)(H,27,32)/t15-,17?/m0/s1. The van der Waals surface area contributed by atoms with Gasteiger partial charge in [0.25, 0.3) is 17.7 Å². The maximum Gasteiger partial charge on any atom is 0.268 e. The number of para-hydroxylation sites is 1. The number of H-pyrrole nitrogens is 1. The fourth-order valence-electron chi connectivity index (χ4n) is 3.67. The van der Waals surface area contributed by atoms with Crippen LogP contribution in [0.15, 0.2) is 30.3 Å². The summed E-state index contributed by atoms with van der Waals surface area (Å²) in [6.45, 7) is 4.41. The van der Waals surface area contributed by atoms with E-state index < -0.39 is 29.7 Å². The first-order chi connectivity index (χ1) is 15.3. The molecule has 4 amide bonds. The van der Waals surface area contributed by atoms with Crippen LogP contribution in [0.4, 0.5) is 0 Å². The van der Waals surface area contributed by atoms with Gasteiger partial charge in [0.05, 0.1) is 12.5 Å². The SMILES string of the molecule is CC(C)CC(NC(=O)c1cc2ccccc2[nH]1)C(=O)NN(C[C@@H]1CCNC1=O)C(=O)CCl. The third kappa shape index (κ3) is 5.79. The lowest BCUT2D eigenvalue weighted by Gasteiger charge is -2.28. The van der Waals surface area contributed by atoms with Gasteiger partial charge in [-0.3, -0.25) is 29.6 Å². The number of hydrogen-bond acceptors (Lipinski definition) is 4. The van der Waals surface area contributed by atoms with Crippen LogP contribution in [-0.4, -0.2) is 58.6 Å². The first kappa shape index (κ1) is 23.6. The minimum absolute atomic E-state index is 0.0213. The van der Waals surface area contributed by atoms with Crippen molar-refractivity contribution in [2.45, 2.75) is 32.7 Å². The Morgan fingerprint density at radius 1 is 1.25 bits per heavy atom. The van der Waals surface area contributed by atoms with E-state index in [4.69, 9.17) is 11.6 Å². The summed E-state index contributed by atoms with van der Waals surface area (Å²) in [5.41, 5.74) is 3.71. The smallest absolute Gasteiger partial charge is 0.268 e. The third-order valence-corrected chi connectivity index (χ3v) is 5.56. The van der Waals surface area contributed by atoms with Gasteiger partial charge >= 0.3 is 0 Å². The summed E-state index contributed by atoms with van der Waals surface area (Å²) in [5, 5.41) is 7.43. The predicted molar refractivity (Wildman–Crippen MR) is 121 cm³/mol. The summed E-state index contributed by atoms with van der Waals surface area (Å²) in [6, 6.07) is 8.33. The zero-order chi connectivity index (χ0) is 23.3. The maximum absolute atomic E-state index is 13.0. The van der Waals surface area contributed by atoms with Crippen molar-refractivity contribution in [1.82, 2.24) is 26.1 Å². The highest BCUT2D eigenvalue weighted by atomic mass is 35.5. The molecule has 4 N–H and O–H groups in total. The summed E-state index contributed by atoms with van der Waals surface area (Å²) < 4.78 is 0. The highest BCUT2D eigenvalue weighted by Gasteiger charge is 2.31. The van der Waals surface area contributed by atoms with Gasteiger partial charge in [0.2, 0.25) is 5.91 Å². The Labute approximate surface area is 191 Å². The van der Waals surface area contributed by atoms with Gasteiger partial charge in [-0.1, -0.05) is 32.0 Å². The van der Waals surface area contributed by atoms with E-state index in [0.717, 1.165) is 15.9 Å². The first-order valence-electron chi connectivity index (χ1n) is 10.6. The second-order valence-electron chi connectivity index (χ2n) is 8.32. The van der Waals surface area contributed by atoms with Gasteiger partial charge in [-0.2, -0.15) is 0 Å². The van der Waals surface area contributed by atoms with Crippen LogP contribution in [-0.2, 0) is 14.4 Å². The fourth-order valence-corrected chi connectivity index (χ4v) is 3.81. The summed E-state index contributed by atoms with van der Waals surface area (Å²) in [7, 11) is 0. The van der Waals surface area contributed by atoms with Crippen molar-refractivity contribution < 1.29 is 19.2 Å². The molecule has 2 heterocycles. The number of aromatic nitrogens is 1. The molecule has 172 valence electrons. The molecule has 1 aliphatic heterocycles. The minimum Gasteiger partial charge on any atom is -0.356 e. The van der Waals surface area contributed by atoms with Crippen LogP contribution in [0.2, 0.25) is 0 Å². The number of amides is 4. The highest BCUT2D eigenvalue weighted by Crippen LogP contribution is 2.16. The van der Waals surface area contributed by atoms with Crippen molar-refractivity contribution in [2.75, 3.05) is 19.0 Å². The Hall–Kier alpha value is -3.07. The quantitative estimate of drug-likeness (QED) is 0.351. The molecule has 0 saturated carbocycles. The number of nitrogens with zero attached hydrogens (tertiary/aromatic N) is 1. The molecule has 0 aliphatic carbocycles. The predicted octanol–water partition coefficient (Wildman–Crippen LogP) is 1.55. The Morgan fingerprint density at radius 3 is 2.62 bits per heavy atom. The Bertz CT molecular complexity index is 972. The lowest BCUT2D eigenvalue weighted by Crippen LogP contribution is -2.56. The molecule has 1 unspecified atom stereocenters. The number of fused-ring (bicyclic) bond motifs is 1. The summed E-state index contributed by atoms with van der Waals surface area (Å²) in [4.78, 5) is 53.1. The Balaban J connectivity index is 1.72. The third-order valence-electron chi connectivity index (χ3n) is 5.33. The summed E-state index contributed by atoms with van der Waals surface area (Å²) in [5.74, 6) is -2.32. The van der Waals surface area contributed by atoms with Crippen molar-refractivity contribution in [1.29, 1.82) is 0 Å². The van der Waals surface area contributed by atoms with Crippen LogP contribution in [0, 0.1) is 11.8 Å². The van der Waals surface area contributed by atoms with Crippen LogP contribution in [0.1, 0.15) is 37.2 Å². The minimum atomic E-state index is -0.878. The molecule has 2 aromatic rings. The van der Waals surface area contributed by atoms with Crippen molar-refractivity contribution in [3.8, 4) is 0 Å². The van der Waals surface area contributed by atoms with E-state index in [1.165, 1.54) is 0 Å². The molecule has 2 atom stereocenters. The molecule has 0 bridgehead atoms. The molecular weight excluding hydrogens is 434 g/mol. The summed E-state index contributed by atoms with van der Waals surface area (Å²) in [6.07, 6.45) is 0.929. The number of halogens is 1. The van der Waals surface area contributed by atoms with Gasteiger partial charge in [-0.25, -0.2) is 0 Å². The number of aromatic amines is 1. The van der Waals surface area contributed by atoms with Gasteiger partial charge in [-0.05, 0) is 30.9 Å². The molecule has 1 fully saturated rings. The molecule has 0 spiro atoms. The average molecular weight is 462 g/mol. The zero-order valence-electron chi connectivity index (χ0n) is 18.1. The number of nitrogens with one attached hydrogen (secondary N) is 4.